The number of nitro benzene ring substituents is 1. The Morgan fingerprint density at radius 2 is 1.90 bits per heavy atom. The quantitative estimate of drug-likeness (QED) is 0.406. The molecule has 1 N–H and O–H groups in total. The van der Waals surface area contributed by atoms with Crippen molar-refractivity contribution in [1.29, 1.82) is 0 Å². The smallest absolute Gasteiger partial charge is 0.272 e. The number of rotatable bonds is 10. The molecule has 0 aliphatic carbocycles. The molecule has 0 heterocycles. The number of nitrogens with one attached hydrogen (secondary N) is 1. The molecule has 1 rings (SSSR count). The summed E-state index contributed by atoms with van der Waals surface area (Å²) >= 11 is 0. The number of benzene rings is 1. The van der Waals surface area contributed by atoms with Crippen LogP contribution in [0.4, 0.5) is 5.69 Å². The fraction of sp³-hybridized carbons (Fsp3) is 0.600. The maximum atomic E-state index is 10.9. The van der Waals surface area contributed by atoms with Crippen molar-refractivity contribution in [1.82, 2.24) is 10.2 Å². The molecule has 0 spiro atoms. The molecule has 112 valence electrons. The predicted molar refractivity (Wildman–Crippen MR) is 82.1 cm³/mol. The molecule has 0 atom stereocenters. The Kier molecular flexibility index (Phi) is 7.84. The molecule has 5 nitrogen and oxygen atoms in total. The van der Waals surface area contributed by atoms with Crippen molar-refractivity contribution in [3.63, 3.8) is 0 Å². The van der Waals surface area contributed by atoms with Crippen LogP contribution in [-0.4, -0.2) is 42.5 Å². The second-order valence-corrected chi connectivity index (χ2v) is 4.77. The molecule has 20 heavy (non-hydrogen) atoms. The van der Waals surface area contributed by atoms with Gasteiger partial charge in [-0.25, -0.2) is 0 Å². The van der Waals surface area contributed by atoms with Crippen LogP contribution in [0.15, 0.2) is 24.3 Å². The van der Waals surface area contributed by atoms with Crippen LogP contribution in [0.2, 0.25) is 0 Å². The molecule has 0 aromatic heterocycles. The zero-order valence-corrected chi connectivity index (χ0v) is 12.5. The minimum atomic E-state index is -0.310. The highest BCUT2D eigenvalue weighted by Crippen LogP contribution is 2.17. The number of nitrogens with zero attached hydrogens (tertiary/aromatic N) is 2. The number of nitro groups is 1. The van der Waals surface area contributed by atoms with Gasteiger partial charge >= 0.3 is 0 Å². The highest BCUT2D eigenvalue weighted by atomic mass is 16.6. The summed E-state index contributed by atoms with van der Waals surface area (Å²) in [6.07, 6.45) is 1.81. The molecular weight excluding hydrogens is 254 g/mol. The molecule has 0 aliphatic rings. The van der Waals surface area contributed by atoms with Crippen LogP contribution in [0.25, 0.3) is 0 Å². The van der Waals surface area contributed by atoms with Gasteiger partial charge in [0.25, 0.3) is 5.69 Å². The lowest BCUT2D eigenvalue weighted by molar-refractivity contribution is -0.385. The van der Waals surface area contributed by atoms with Crippen LogP contribution in [0.1, 0.15) is 25.8 Å². The first-order valence-corrected chi connectivity index (χ1v) is 7.34. The zero-order chi connectivity index (χ0) is 14.8. The second-order valence-electron chi connectivity index (χ2n) is 4.77. The van der Waals surface area contributed by atoms with E-state index in [9.17, 15) is 10.1 Å². The third-order valence-corrected chi connectivity index (χ3v) is 3.48. The van der Waals surface area contributed by atoms with E-state index < -0.39 is 0 Å². The van der Waals surface area contributed by atoms with E-state index in [-0.39, 0.29) is 10.6 Å². The van der Waals surface area contributed by atoms with Gasteiger partial charge in [0.15, 0.2) is 0 Å². The molecule has 0 saturated heterocycles. The molecule has 0 amide bonds. The average Bonchev–Trinajstić information content (AvgIpc) is 2.47. The van der Waals surface area contributed by atoms with E-state index in [1.54, 1.807) is 12.1 Å². The standard InChI is InChI=1S/C15H25N3O2/c1-3-17(4-2)13-7-11-16-12-10-14-8-5-6-9-15(14)18(19)20/h5-6,8-9,16H,3-4,7,10-13H2,1-2H3. The van der Waals surface area contributed by atoms with Gasteiger partial charge in [0.1, 0.15) is 0 Å². The minimum Gasteiger partial charge on any atom is -0.316 e. The SMILES string of the molecule is CCN(CC)CCCNCCc1ccccc1[N+](=O)[O-]. The van der Waals surface area contributed by atoms with Crippen molar-refractivity contribution >= 4 is 5.69 Å². The normalized spacial score (nSPS) is 10.9. The highest BCUT2D eigenvalue weighted by molar-refractivity contribution is 5.39. The Morgan fingerprint density at radius 3 is 2.55 bits per heavy atom. The number of para-hydroxylation sites is 1. The summed E-state index contributed by atoms with van der Waals surface area (Å²) in [5.74, 6) is 0. The van der Waals surface area contributed by atoms with E-state index in [1.807, 2.05) is 12.1 Å². The third kappa shape index (κ3) is 5.67. The van der Waals surface area contributed by atoms with Gasteiger partial charge in [-0.15, -0.1) is 0 Å². The first-order chi connectivity index (χ1) is 9.69. The van der Waals surface area contributed by atoms with Gasteiger partial charge in [-0.3, -0.25) is 10.1 Å². The van der Waals surface area contributed by atoms with Crippen LogP contribution in [0.3, 0.4) is 0 Å². The van der Waals surface area contributed by atoms with E-state index in [1.165, 1.54) is 0 Å². The molecule has 5 heteroatoms. The summed E-state index contributed by atoms with van der Waals surface area (Å²) in [6, 6.07) is 6.95. The largest absolute Gasteiger partial charge is 0.316 e. The first kappa shape index (κ1) is 16.6. The van der Waals surface area contributed by atoms with E-state index >= 15 is 0 Å². The maximum absolute atomic E-state index is 10.9. The average molecular weight is 279 g/mol. The summed E-state index contributed by atoms with van der Waals surface area (Å²) in [7, 11) is 0. The van der Waals surface area contributed by atoms with E-state index in [0.29, 0.717) is 6.42 Å². The second kappa shape index (κ2) is 9.44. The summed E-state index contributed by atoms with van der Waals surface area (Å²) < 4.78 is 0. The third-order valence-electron chi connectivity index (χ3n) is 3.48. The Balaban J connectivity index is 2.23. The van der Waals surface area contributed by atoms with Crippen LogP contribution in [0, 0.1) is 10.1 Å². The molecule has 1 aromatic rings. The van der Waals surface area contributed by atoms with Crippen molar-refractivity contribution in [3.8, 4) is 0 Å². The molecule has 0 aliphatic heterocycles. The number of hydrogen-bond donors (Lipinski definition) is 1. The van der Waals surface area contributed by atoms with Gasteiger partial charge in [-0.1, -0.05) is 32.0 Å². The molecule has 0 unspecified atom stereocenters. The fourth-order valence-electron chi connectivity index (χ4n) is 2.22. The molecule has 0 saturated carbocycles. The monoisotopic (exact) mass is 279 g/mol. The summed E-state index contributed by atoms with van der Waals surface area (Å²) in [6.45, 7) is 9.36. The van der Waals surface area contributed by atoms with Crippen LogP contribution >= 0.6 is 0 Å². The van der Waals surface area contributed by atoms with Gasteiger partial charge < -0.3 is 10.2 Å². The van der Waals surface area contributed by atoms with Crippen LogP contribution < -0.4 is 5.32 Å². The highest BCUT2D eigenvalue weighted by Gasteiger charge is 2.11. The van der Waals surface area contributed by atoms with Crippen molar-refractivity contribution in [2.45, 2.75) is 26.7 Å². The fourth-order valence-corrected chi connectivity index (χ4v) is 2.22. The molecular formula is C15H25N3O2. The lowest BCUT2D eigenvalue weighted by Gasteiger charge is -2.17. The topological polar surface area (TPSA) is 58.4 Å². The Morgan fingerprint density at radius 1 is 1.20 bits per heavy atom. The molecule has 0 fully saturated rings. The Bertz CT molecular complexity index is 406. The number of hydrogen-bond acceptors (Lipinski definition) is 4. The van der Waals surface area contributed by atoms with Crippen molar-refractivity contribution in [2.75, 3.05) is 32.7 Å². The zero-order valence-electron chi connectivity index (χ0n) is 12.5. The Hall–Kier alpha value is -1.46. The van der Waals surface area contributed by atoms with Gasteiger partial charge in [0, 0.05) is 11.6 Å². The molecule has 0 radical (unpaired) electrons. The summed E-state index contributed by atoms with van der Waals surface area (Å²) in [5, 5.41) is 14.2. The summed E-state index contributed by atoms with van der Waals surface area (Å²) in [4.78, 5) is 13.0. The van der Waals surface area contributed by atoms with Crippen molar-refractivity contribution in [3.05, 3.63) is 39.9 Å². The van der Waals surface area contributed by atoms with Gasteiger partial charge in [-0.05, 0) is 45.6 Å². The molecule has 1 aromatic carbocycles. The molecule has 0 bridgehead atoms. The van der Waals surface area contributed by atoms with E-state index in [0.717, 1.165) is 44.7 Å². The van der Waals surface area contributed by atoms with Crippen molar-refractivity contribution in [2.24, 2.45) is 0 Å². The first-order valence-electron chi connectivity index (χ1n) is 7.34. The van der Waals surface area contributed by atoms with E-state index in [2.05, 4.69) is 24.1 Å². The summed E-state index contributed by atoms with van der Waals surface area (Å²) in [5.41, 5.74) is 1.02. The lowest BCUT2D eigenvalue weighted by Crippen LogP contribution is -2.27. The van der Waals surface area contributed by atoms with Gasteiger partial charge in [0.2, 0.25) is 0 Å². The maximum Gasteiger partial charge on any atom is 0.272 e. The van der Waals surface area contributed by atoms with Crippen LogP contribution in [0.5, 0.6) is 0 Å². The van der Waals surface area contributed by atoms with Crippen LogP contribution in [-0.2, 0) is 6.42 Å². The van der Waals surface area contributed by atoms with Gasteiger partial charge in [-0.2, -0.15) is 0 Å². The predicted octanol–water partition coefficient (Wildman–Crippen LogP) is 2.46. The van der Waals surface area contributed by atoms with Crippen molar-refractivity contribution < 1.29 is 4.92 Å². The van der Waals surface area contributed by atoms with E-state index in [4.69, 9.17) is 0 Å². The minimum absolute atomic E-state index is 0.220. The van der Waals surface area contributed by atoms with Gasteiger partial charge in [0.05, 0.1) is 4.92 Å². The lowest BCUT2D eigenvalue weighted by atomic mass is 10.1. The Labute approximate surface area is 121 Å².